The summed E-state index contributed by atoms with van der Waals surface area (Å²) >= 11 is 0. The van der Waals surface area contributed by atoms with Gasteiger partial charge in [-0.2, -0.15) is 0 Å². The standard InChI is InChI=1S/C17H31N5O/c1-6-22-9-7-8-14(22)12-21(5)17(18-4)19-11-15-10-16(13(2)3)20-23-15/h10,13-14H,6-9,11-12H2,1-5H3,(H,18,19). The van der Waals surface area contributed by atoms with E-state index in [9.17, 15) is 0 Å². The molecular weight excluding hydrogens is 290 g/mol. The lowest BCUT2D eigenvalue weighted by Gasteiger charge is -2.29. The van der Waals surface area contributed by atoms with Crippen LogP contribution in [0, 0.1) is 0 Å². The molecule has 0 bridgehead atoms. The van der Waals surface area contributed by atoms with E-state index in [-0.39, 0.29) is 0 Å². The van der Waals surface area contributed by atoms with Crippen LogP contribution in [-0.4, -0.2) is 60.7 Å². The van der Waals surface area contributed by atoms with Gasteiger partial charge in [0, 0.05) is 32.7 Å². The molecule has 2 rings (SSSR count). The maximum absolute atomic E-state index is 5.37. The molecule has 0 aromatic carbocycles. The van der Waals surface area contributed by atoms with E-state index in [1.54, 1.807) is 0 Å². The number of aliphatic imine (C=N–C) groups is 1. The van der Waals surface area contributed by atoms with Gasteiger partial charge in [0.05, 0.1) is 12.2 Å². The van der Waals surface area contributed by atoms with Crippen molar-refractivity contribution in [3.8, 4) is 0 Å². The maximum atomic E-state index is 5.37. The summed E-state index contributed by atoms with van der Waals surface area (Å²) in [6.45, 7) is 10.4. The molecule has 1 aliphatic rings. The normalized spacial score (nSPS) is 19.6. The highest BCUT2D eigenvalue weighted by Gasteiger charge is 2.25. The van der Waals surface area contributed by atoms with Gasteiger partial charge in [-0.3, -0.25) is 9.89 Å². The molecule has 6 heteroatoms. The van der Waals surface area contributed by atoms with Gasteiger partial charge in [-0.15, -0.1) is 0 Å². The summed E-state index contributed by atoms with van der Waals surface area (Å²) in [6, 6.07) is 2.64. The van der Waals surface area contributed by atoms with E-state index in [2.05, 4.69) is 53.1 Å². The molecule has 1 fully saturated rings. The molecule has 1 aromatic heterocycles. The molecule has 0 spiro atoms. The number of likely N-dealkylation sites (N-methyl/N-ethyl adjacent to an activating group) is 2. The van der Waals surface area contributed by atoms with E-state index in [0.29, 0.717) is 18.5 Å². The van der Waals surface area contributed by atoms with Gasteiger partial charge in [0.1, 0.15) is 0 Å². The number of nitrogens with zero attached hydrogens (tertiary/aromatic N) is 4. The smallest absolute Gasteiger partial charge is 0.193 e. The molecule has 1 N–H and O–H groups in total. The number of nitrogens with one attached hydrogen (secondary N) is 1. The molecule has 1 aliphatic heterocycles. The van der Waals surface area contributed by atoms with Crippen LogP contribution in [0.3, 0.4) is 0 Å². The van der Waals surface area contributed by atoms with Crippen LogP contribution < -0.4 is 5.32 Å². The van der Waals surface area contributed by atoms with Crippen molar-refractivity contribution in [2.24, 2.45) is 4.99 Å². The van der Waals surface area contributed by atoms with Crippen LogP contribution in [0.2, 0.25) is 0 Å². The Balaban J connectivity index is 1.86. The molecule has 130 valence electrons. The summed E-state index contributed by atoms with van der Waals surface area (Å²) in [6.07, 6.45) is 2.57. The lowest BCUT2D eigenvalue weighted by atomic mass is 10.1. The van der Waals surface area contributed by atoms with E-state index in [1.807, 2.05) is 13.1 Å². The van der Waals surface area contributed by atoms with Crippen molar-refractivity contribution in [1.82, 2.24) is 20.3 Å². The molecule has 1 atom stereocenters. The van der Waals surface area contributed by atoms with Crippen LogP contribution in [0.25, 0.3) is 0 Å². The zero-order valence-corrected chi connectivity index (χ0v) is 15.2. The number of guanidine groups is 1. The van der Waals surface area contributed by atoms with Crippen LogP contribution in [0.15, 0.2) is 15.6 Å². The molecule has 1 unspecified atom stereocenters. The number of hydrogen-bond acceptors (Lipinski definition) is 4. The lowest BCUT2D eigenvalue weighted by Crippen LogP contribution is -2.45. The Bertz CT molecular complexity index is 511. The molecule has 0 amide bonds. The molecule has 23 heavy (non-hydrogen) atoms. The number of rotatable bonds is 6. The molecule has 6 nitrogen and oxygen atoms in total. The molecule has 0 radical (unpaired) electrons. The molecule has 0 aliphatic carbocycles. The summed E-state index contributed by atoms with van der Waals surface area (Å²) in [4.78, 5) is 9.15. The van der Waals surface area contributed by atoms with Gasteiger partial charge in [-0.25, -0.2) is 0 Å². The van der Waals surface area contributed by atoms with Gasteiger partial charge in [0.2, 0.25) is 0 Å². The monoisotopic (exact) mass is 321 g/mol. The molecule has 0 saturated carbocycles. The average molecular weight is 321 g/mol. The summed E-state index contributed by atoms with van der Waals surface area (Å²) in [5.41, 5.74) is 0.995. The van der Waals surface area contributed by atoms with E-state index in [0.717, 1.165) is 30.5 Å². The Morgan fingerprint density at radius 3 is 2.96 bits per heavy atom. The van der Waals surface area contributed by atoms with Crippen LogP contribution in [0.4, 0.5) is 0 Å². The van der Waals surface area contributed by atoms with Crippen molar-refractivity contribution >= 4 is 5.96 Å². The van der Waals surface area contributed by atoms with Crippen LogP contribution in [0.5, 0.6) is 0 Å². The predicted molar refractivity (Wildman–Crippen MR) is 93.7 cm³/mol. The minimum absolute atomic E-state index is 0.386. The third kappa shape index (κ3) is 4.70. The van der Waals surface area contributed by atoms with Crippen molar-refractivity contribution in [3.05, 3.63) is 17.5 Å². The topological polar surface area (TPSA) is 56.9 Å². The van der Waals surface area contributed by atoms with Gasteiger partial charge in [-0.1, -0.05) is 25.9 Å². The summed E-state index contributed by atoms with van der Waals surface area (Å²) < 4.78 is 5.37. The lowest BCUT2D eigenvalue weighted by molar-refractivity contribution is 0.232. The minimum atomic E-state index is 0.386. The van der Waals surface area contributed by atoms with Gasteiger partial charge >= 0.3 is 0 Å². The Morgan fingerprint density at radius 1 is 1.57 bits per heavy atom. The summed E-state index contributed by atoms with van der Waals surface area (Å²) in [7, 11) is 3.92. The first kappa shape index (κ1) is 17.8. The van der Waals surface area contributed by atoms with Gasteiger partial charge in [0.15, 0.2) is 11.7 Å². The van der Waals surface area contributed by atoms with Crippen LogP contribution in [-0.2, 0) is 6.54 Å². The van der Waals surface area contributed by atoms with Crippen molar-refractivity contribution in [2.75, 3.05) is 33.7 Å². The fourth-order valence-electron chi connectivity index (χ4n) is 3.16. The molecular formula is C17H31N5O. The van der Waals surface area contributed by atoms with E-state index >= 15 is 0 Å². The quantitative estimate of drug-likeness (QED) is 0.643. The SMILES string of the molecule is CCN1CCCC1CN(C)C(=NC)NCc1cc(C(C)C)no1. The Hall–Kier alpha value is -1.56. The first-order valence-corrected chi connectivity index (χ1v) is 8.66. The van der Waals surface area contributed by atoms with Crippen molar-refractivity contribution < 1.29 is 4.52 Å². The largest absolute Gasteiger partial charge is 0.359 e. The highest BCUT2D eigenvalue weighted by molar-refractivity contribution is 5.79. The third-order valence-corrected chi connectivity index (χ3v) is 4.55. The fraction of sp³-hybridized carbons (Fsp3) is 0.765. The van der Waals surface area contributed by atoms with E-state index in [4.69, 9.17) is 4.52 Å². The van der Waals surface area contributed by atoms with Gasteiger partial charge in [0.25, 0.3) is 0 Å². The minimum Gasteiger partial charge on any atom is -0.359 e. The second kappa shape index (κ2) is 8.34. The second-order valence-electron chi connectivity index (χ2n) is 6.58. The average Bonchev–Trinajstić information content (AvgIpc) is 3.16. The van der Waals surface area contributed by atoms with Gasteiger partial charge < -0.3 is 14.7 Å². The summed E-state index contributed by atoms with van der Waals surface area (Å²) in [5.74, 6) is 2.13. The Labute approximate surface area is 139 Å². The maximum Gasteiger partial charge on any atom is 0.193 e. The highest BCUT2D eigenvalue weighted by Crippen LogP contribution is 2.17. The predicted octanol–water partition coefficient (Wildman–Crippen LogP) is 2.29. The fourth-order valence-corrected chi connectivity index (χ4v) is 3.16. The van der Waals surface area contributed by atoms with Gasteiger partial charge in [-0.05, 0) is 31.8 Å². The number of aromatic nitrogens is 1. The Morgan fingerprint density at radius 2 is 2.35 bits per heavy atom. The van der Waals surface area contributed by atoms with E-state index in [1.165, 1.54) is 19.4 Å². The first-order chi connectivity index (χ1) is 11.0. The highest BCUT2D eigenvalue weighted by atomic mass is 16.5. The van der Waals surface area contributed by atoms with Crippen LogP contribution in [0.1, 0.15) is 51.0 Å². The van der Waals surface area contributed by atoms with Crippen molar-refractivity contribution in [2.45, 2.75) is 52.1 Å². The zero-order valence-electron chi connectivity index (χ0n) is 15.2. The van der Waals surface area contributed by atoms with Crippen LogP contribution >= 0.6 is 0 Å². The third-order valence-electron chi connectivity index (χ3n) is 4.55. The first-order valence-electron chi connectivity index (χ1n) is 8.66. The second-order valence-corrected chi connectivity index (χ2v) is 6.58. The molecule has 1 saturated heterocycles. The molecule has 2 heterocycles. The van der Waals surface area contributed by atoms with E-state index < -0.39 is 0 Å². The summed E-state index contributed by atoms with van der Waals surface area (Å²) in [5, 5.41) is 7.46. The Kier molecular flexibility index (Phi) is 6.45. The van der Waals surface area contributed by atoms with Crippen molar-refractivity contribution in [1.29, 1.82) is 0 Å². The zero-order chi connectivity index (χ0) is 16.8. The van der Waals surface area contributed by atoms with Crippen molar-refractivity contribution in [3.63, 3.8) is 0 Å². The molecule has 1 aromatic rings. The number of hydrogen-bond donors (Lipinski definition) is 1. The number of likely N-dealkylation sites (tertiary alicyclic amines) is 1.